The summed E-state index contributed by atoms with van der Waals surface area (Å²) < 4.78 is 16.3. The second-order valence-corrected chi connectivity index (χ2v) is 5.84. The van der Waals surface area contributed by atoms with Gasteiger partial charge in [-0.3, -0.25) is 14.9 Å². The number of rotatable bonds is 8. The zero-order chi connectivity index (χ0) is 20.6. The normalized spacial score (nSPS) is 10.1. The Labute approximate surface area is 166 Å². The fraction of sp³-hybridized carbons (Fsp3) is 0.0952. The highest BCUT2D eigenvalue weighted by Gasteiger charge is 2.15. The van der Waals surface area contributed by atoms with Crippen LogP contribution < -0.4 is 19.5 Å². The van der Waals surface area contributed by atoms with E-state index < -0.39 is 10.8 Å². The van der Waals surface area contributed by atoms with Gasteiger partial charge in [0, 0.05) is 11.8 Å². The lowest BCUT2D eigenvalue weighted by Crippen LogP contribution is -2.20. The van der Waals surface area contributed by atoms with Crippen LogP contribution in [0.5, 0.6) is 23.0 Å². The molecule has 0 radical (unpaired) electrons. The number of anilines is 1. The topological polar surface area (TPSA) is 99.9 Å². The van der Waals surface area contributed by atoms with Gasteiger partial charge in [0.1, 0.15) is 5.75 Å². The van der Waals surface area contributed by atoms with E-state index >= 15 is 0 Å². The number of carbonyl (C=O) groups is 1. The molecule has 29 heavy (non-hydrogen) atoms. The highest BCUT2D eigenvalue weighted by atomic mass is 16.6. The largest absolute Gasteiger partial charge is 0.493 e. The average molecular weight is 394 g/mol. The number of nitrogens with one attached hydrogen (secondary N) is 1. The third-order valence-corrected chi connectivity index (χ3v) is 3.86. The number of nitro groups is 1. The van der Waals surface area contributed by atoms with Crippen molar-refractivity contribution in [2.45, 2.75) is 0 Å². The molecule has 1 N–H and O–H groups in total. The van der Waals surface area contributed by atoms with Crippen molar-refractivity contribution in [3.8, 4) is 23.0 Å². The van der Waals surface area contributed by atoms with Gasteiger partial charge in [0.2, 0.25) is 0 Å². The minimum atomic E-state index is -0.562. The lowest BCUT2D eigenvalue weighted by molar-refractivity contribution is -0.385. The van der Waals surface area contributed by atoms with Crippen LogP contribution in [0, 0.1) is 10.1 Å². The molecule has 0 fully saturated rings. The van der Waals surface area contributed by atoms with Crippen molar-refractivity contribution < 1.29 is 23.9 Å². The average Bonchev–Trinajstić information content (AvgIpc) is 2.74. The van der Waals surface area contributed by atoms with Crippen LogP contribution in [0.15, 0.2) is 72.8 Å². The van der Waals surface area contributed by atoms with E-state index in [1.54, 1.807) is 49.6 Å². The molecule has 0 bridgehead atoms. The van der Waals surface area contributed by atoms with Crippen molar-refractivity contribution >= 4 is 17.3 Å². The van der Waals surface area contributed by atoms with Gasteiger partial charge in [-0.1, -0.05) is 24.3 Å². The van der Waals surface area contributed by atoms with Crippen LogP contribution in [0.1, 0.15) is 0 Å². The molecule has 0 saturated heterocycles. The van der Waals surface area contributed by atoms with Crippen LogP contribution in [-0.2, 0) is 4.79 Å². The van der Waals surface area contributed by atoms with Gasteiger partial charge < -0.3 is 19.5 Å². The van der Waals surface area contributed by atoms with Crippen molar-refractivity contribution in [2.75, 3.05) is 19.0 Å². The molecule has 0 heterocycles. The van der Waals surface area contributed by atoms with E-state index in [1.165, 1.54) is 18.2 Å². The highest BCUT2D eigenvalue weighted by molar-refractivity contribution is 5.92. The number of methoxy groups -OCH3 is 1. The monoisotopic (exact) mass is 394 g/mol. The molecule has 0 aliphatic carbocycles. The van der Waals surface area contributed by atoms with Gasteiger partial charge in [0.25, 0.3) is 5.91 Å². The molecule has 0 spiro atoms. The number of hydrogen-bond donors (Lipinski definition) is 1. The molecular formula is C21H18N2O6. The molecule has 0 unspecified atom stereocenters. The Morgan fingerprint density at radius 2 is 1.55 bits per heavy atom. The number of amides is 1. The van der Waals surface area contributed by atoms with Gasteiger partial charge in [-0.05, 0) is 42.5 Å². The summed E-state index contributed by atoms with van der Waals surface area (Å²) in [6.45, 7) is -0.357. The third-order valence-electron chi connectivity index (χ3n) is 3.86. The number of hydrogen-bond acceptors (Lipinski definition) is 6. The van der Waals surface area contributed by atoms with Crippen LogP contribution in [0.3, 0.4) is 0 Å². The van der Waals surface area contributed by atoms with Gasteiger partial charge in [-0.2, -0.15) is 0 Å². The van der Waals surface area contributed by atoms with E-state index in [-0.39, 0.29) is 18.0 Å². The maximum absolute atomic E-state index is 12.1. The van der Waals surface area contributed by atoms with Gasteiger partial charge in [0.05, 0.1) is 12.0 Å². The summed E-state index contributed by atoms with van der Waals surface area (Å²) in [7, 11) is 1.56. The van der Waals surface area contributed by atoms with Gasteiger partial charge in [-0.25, -0.2) is 0 Å². The van der Waals surface area contributed by atoms with Crippen molar-refractivity contribution in [3.05, 3.63) is 82.9 Å². The Kier molecular flexibility index (Phi) is 6.26. The fourth-order valence-corrected chi connectivity index (χ4v) is 2.51. The summed E-state index contributed by atoms with van der Waals surface area (Å²) in [5, 5.41) is 13.6. The van der Waals surface area contributed by atoms with E-state index in [4.69, 9.17) is 14.2 Å². The summed E-state index contributed by atoms with van der Waals surface area (Å²) in [6.07, 6.45) is 0. The van der Waals surface area contributed by atoms with Crippen LogP contribution in [0.2, 0.25) is 0 Å². The van der Waals surface area contributed by atoms with E-state index in [9.17, 15) is 14.9 Å². The van der Waals surface area contributed by atoms with E-state index in [2.05, 4.69) is 5.32 Å². The summed E-state index contributed by atoms with van der Waals surface area (Å²) >= 11 is 0. The summed E-state index contributed by atoms with van der Waals surface area (Å²) in [4.78, 5) is 22.5. The number of carbonyl (C=O) groups excluding carboxylic acids is 1. The van der Waals surface area contributed by atoms with E-state index in [1.807, 2.05) is 12.1 Å². The second kappa shape index (κ2) is 9.23. The Bertz CT molecular complexity index is 1000. The molecular weight excluding hydrogens is 376 g/mol. The molecule has 3 aromatic carbocycles. The molecule has 8 nitrogen and oxygen atoms in total. The zero-order valence-electron chi connectivity index (χ0n) is 15.5. The number of para-hydroxylation sites is 4. The van der Waals surface area contributed by atoms with E-state index in [0.29, 0.717) is 22.9 Å². The first-order valence-electron chi connectivity index (χ1n) is 8.64. The fourth-order valence-electron chi connectivity index (χ4n) is 2.51. The lowest BCUT2D eigenvalue weighted by atomic mass is 10.3. The van der Waals surface area contributed by atoms with Crippen LogP contribution >= 0.6 is 0 Å². The van der Waals surface area contributed by atoms with Crippen LogP contribution in [-0.4, -0.2) is 24.5 Å². The Balaban J connectivity index is 1.57. The Morgan fingerprint density at radius 1 is 0.931 bits per heavy atom. The van der Waals surface area contributed by atoms with Crippen molar-refractivity contribution in [1.82, 2.24) is 0 Å². The van der Waals surface area contributed by atoms with Crippen molar-refractivity contribution in [3.63, 3.8) is 0 Å². The number of ether oxygens (including phenoxy) is 3. The lowest BCUT2D eigenvalue weighted by Gasteiger charge is -2.11. The number of nitrogens with zero attached hydrogens (tertiary/aromatic N) is 1. The molecule has 0 saturated carbocycles. The maximum Gasteiger partial charge on any atom is 0.310 e. The van der Waals surface area contributed by atoms with E-state index in [0.717, 1.165) is 0 Å². The minimum absolute atomic E-state index is 0.0354. The summed E-state index contributed by atoms with van der Waals surface area (Å²) in [5.74, 6) is 1.35. The molecule has 0 aliphatic rings. The number of nitro benzene ring substituents is 1. The zero-order valence-corrected chi connectivity index (χ0v) is 15.5. The molecule has 0 atom stereocenters. The van der Waals surface area contributed by atoms with Crippen molar-refractivity contribution in [2.24, 2.45) is 0 Å². The molecule has 8 heteroatoms. The third kappa shape index (κ3) is 5.23. The standard InChI is InChI=1S/C21H18N2O6/c1-27-19-8-4-5-9-20(19)29-16-12-10-15(11-13-16)22-21(24)14-28-18-7-3-2-6-17(18)23(25)26/h2-13H,14H2,1H3,(H,22,24). The smallest absolute Gasteiger partial charge is 0.310 e. The Hall–Kier alpha value is -4.07. The molecule has 0 aliphatic heterocycles. The summed E-state index contributed by atoms with van der Waals surface area (Å²) in [6, 6.07) is 19.9. The predicted molar refractivity (Wildman–Crippen MR) is 107 cm³/mol. The first-order chi connectivity index (χ1) is 14.1. The highest BCUT2D eigenvalue weighted by Crippen LogP contribution is 2.31. The van der Waals surface area contributed by atoms with Crippen molar-refractivity contribution in [1.29, 1.82) is 0 Å². The number of benzene rings is 3. The summed E-state index contributed by atoms with van der Waals surface area (Å²) in [5.41, 5.74) is 0.340. The Morgan fingerprint density at radius 3 is 2.21 bits per heavy atom. The maximum atomic E-state index is 12.1. The van der Waals surface area contributed by atoms with Crippen LogP contribution in [0.25, 0.3) is 0 Å². The van der Waals surface area contributed by atoms with Crippen LogP contribution in [0.4, 0.5) is 11.4 Å². The molecule has 148 valence electrons. The first kappa shape index (κ1) is 19.7. The SMILES string of the molecule is COc1ccccc1Oc1ccc(NC(=O)COc2ccccc2[N+](=O)[O-])cc1. The quantitative estimate of drug-likeness (QED) is 0.449. The minimum Gasteiger partial charge on any atom is -0.493 e. The van der Waals surface area contributed by atoms with Gasteiger partial charge in [0.15, 0.2) is 23.9 Å². The predicted octanol–water partition coefficient (Wildman–Crippen LogP) is 4.41. The van der Waals surface area contributed by atoms with Gasteiger partial charge >= 0.3 is 5.69 Å². The molecule has 3 aromatic rings. The van der Waals surface area contributed by atoms with Gasteiger partial charge in [-0.15, -0.1) is 0 Å². The first-order valence-corrected chi connectivity index (χ1v) is 8.64. The molecule has 0 aromatic heterocycles. The molecule has 1 amide bonds. The second-order valence-electron chi connectivity index (χ2n) is 5.84. The molecule has 3 rings (SSSR count).